The molecular weight excluding hydrogens is 208 g/mol. The van der Waals surface area contributed by atoms with Gasteiger partial charge in [0.2, 0.25) is 0 Å². The Bertz CT molecular complexity index is 305. The van der Waals surface area contributed by atoms with Crippen molar-refractivity contribution >= 4 is 12.0 Å². The van der Waals surface area contributed by atoms with E-state index >= 15 is 0 Å². The summed E-state index contributed by atoms with van der Waals surface area (Å²) >= 11 is 0. The predicted molar refractivity (Wildman–Crippen MR) is 60.9 cm³/mol. The van der Waals surface area contributed by atoms with Crippen LogP contribution in [0.25, 0.3) is 0 Å². The number of terminal acetylenes is 1. The molecule has 5 nitrogen and oxygen atoms in total. The van der Waals surface area contributed by atoms with Crippen LogP contribution in [0.15, 0.2) is 0 Å². The second-order valence-corrected chi connectivity index (χ2v) is 4.05. The minimum atomic E-state index is -1.05. The fourth-order valence-electron chi connectivity index (χ4n) is 1.06. The number of carboxylic acid groups (broad SMARTS) is 1. The number of hydrogen-bond acceptors (Lipinski definition) is 2. The zero-order chi connectivity index (χ0) is 12.8. The minimum absolute atomic E-state index is 0.388. The lowest BCUT2D eigenvalue weighted by Crippen LogP contribution is -2.52. The van der Waals surface area contributed by atoms with Crippen LogP contribution in [-0.4, -0.2) is 28.7 Å². The number of rotatable bonds is 5. The van der Waals surface area contributed by atoms with Gasteiger partial charge < -0.3 is 15.7 Å². The third-order valence-corrected chi connectivity index (χ3v) is 1.97. The normalized spacial score (nSPS) is 12.4. The van der Waals surface area contributed by atoms with E-state index in [-0.39, 0.29) is 0 Å². The zero-order valence-electron chi connectivity index (χ0n) is 9.83. The lowest BCUT2D eigenvalue weighted by atomic mass is 10.1. The molecule has 0 spiro atoms. The Morgan fingerprint density at radius 1 is 1.50 bits per heavy atom. The van der Waals surface area contributed by atoms with E-state index in [0.29, 0.717) is 12.8 Å². The van der Waals surface area contributed by atoms with Crippen LogP contribution in [0.5, 0.6) is 0 Å². The first kappa shape index (κ1) is 14.3. The lowest BCUT2D eigenvalue weighted by molar-refractivity contribution is -0.139. The maximum Gasteiger partial charge on any atom is 0.326 e. The molecule has 0 saturated carbocycles. The van der Waals surface area contributed by atoms with Crippen molar-refractivity contribution in [1.29, 1.82) is 0 Å². The van der Waals surface area contributed by atoms with Crippen molar-refractivity contribution in [2.75, 3.05) is 0 Å². The quantitative estimate of drug-likeness (QED) is 0.611. The van der Waals surface area contributed by atoms with E-state index in [0.717, 1.165) is 0 Å². The Morgan fingerprint density at radius 2 is 2.06 bits per heavy atom. The number of nitrogens with one attached hydrogen (secondary N) is 2. The SMILES string of the molecule is C#CC(C)(C)NC(=O)N[C@@H](CCC)C(=O)O. The first-order valence-electron chi connectivity index (χ1n) is 5.11. The maximum atomic E-state index is 11.4. The van der Waals surface area contributed by atoms with Crippen LogP contribution in [-0.2, 0) is 4.79 Å². The smallest absolute Gasteiger partial charge is 0.326 e. The molecule has 90 valence electrons. The molecular formula is C11H18N2O3. The Kier molecular flexibility index (Phi) is 5.37. The molecule has 0 aromatic rings. The molecule has 2 amide bonds. The maximum absolute atomic E-state index is 11.4. The van der Waals surface area contributed by atoms with Gasteiger partial charge in [-0.25, -0.2) is 9.59 Å². The van der Waals surface area contributed by atoms with Crippen LogP contribution in [0.4, 0.5) is 4.79 Å². The average Bonchev–Trinajstić information content (AvgIpc) is 2.16. The van der Waals surface area contributed by atoms with Gasteiger partial charge in [0.25, 0.3) is 0 Å². The number of amides is 2. The topological polar surface area (TPSA) is 78.4 Å². The van der Waals surface area contributed by atoms with Crippen LogP contribution in [0, 0.1) is 12.3 Å². The molecule has 0 radical (unpaired) electrons. The molecule has 0 rings (SSSR count). The summed E-state index contributed by atoms with van der Waals surface area (Å²) in [5, 5.41) is 13.7. The van der Waals surface area contributed by atoms with E-state index in [1.807, 2.05) is 6.92 Å². The lowest BCUT2D eigenvalue weighted by Gasteiger charge is -2.21. The molecule has 0 heterocycles. The van der Waals surface area contributed by atoms with Crippen LogP contribution < -0.4 is 10.6 Å². The summed E-state index contributed by atoms with van der Waals surface area (Å²) in [6.45, 7) is 5.16. The second-order valence-electron chi connectivity index (χ2n) is 4.05. The number of carboxylic acids is 1. The number of aliphatic carboxylic acids is 1. The third-order valence-electron chi connectivity index (χ3n) is 1.97. The molecule has 0 fully saturated rings. The van der Waals surface area contributed by atoms with Gasteiger partial charge in [-0.05, 0) is 20.3 Å². The number of carbonyl (C=O) groups is 2. The standard InChI is InChI=1S/C11H18N2O3/c1-5-7-8(9(14)15)12-10(16)13-11(3,4)6-2/h2,8H,5,7H2,1,3-4H3,(H,14,15)(H2,12,13,16)/t8-/m0/s1. The van der Waals surface area contributed by atoms with Crippen molar-refractivity contribution < 1.29 is 14.7 Å². The molecule has 0 aromatic heterocycles. The molecule has 0 unspecified atom stereocenters. The van der Waals surface area contributed by atoms with Gasteiger partial charge in [-0.2, -0.15) is 0 Å². The van der Waals surface area contributed by atoms with Gasteiger partial charge in [0.05, 0.1) is 5.54 Å². The van der Waals surface area contributed by atoms with E-state index in [4.69, 9.17) is 11.5 Å². The Hall–Kier alpha value is -1.70. The van der Waals surface area contributed by atoms with Gasteiger partial charge in [0.15, 0.2) is 0 Å². The largest absolute Gasteiger partial charge is 0.480 e. The van der Waals surface area contributed by atoms with Crippen LogP contribution in [0.2, 0.25) is 0 Å². The summed E-state index contributed by atoms with van der Waals surface area (Å²) in [6.07, 6.45) is 6.26. The summed E-state index contributed by atoms with van der Waals surface area (Å²) in [6, 6.07) is -1.44. The van der Waals surface area contributed by atoms with E-state index in [9.17, 15) is 9.59 Å². The predicted octanol–water partition coefficient (Wildman–Crippen LogP) is 0.951. The summed E-state index contributed by atoms with van der Waals surface area (Å²) in [4.78, 5) is 22.2. The summed E-state index contributed by atoms with van der Waals surface area (Å²) < 4.78 is 0. The first-order chi connectivity index (χ1) is 7.32. The van der Waals surface area contributed by atoms with E-state index < -0.39 is 23.6 Å². The summed E-state index contributed by atoms with van der Waals surface area (Å²) in [5.41, 5.74) is -0.792. The van der Waals surface area contributed by atoms with Gasteiger partial charge in [0.1, 0.15) is 6.04 Å². The highest BCUT2D eigenvalue weighted by Gasteiger charge is 2.22. The van der Waals surface area contributed by atoms with E-state index in [2.05, 4.69) is 16.6 Å². The zero-order valence-corrected chi connectivity index (χ0v) is 9.83. The van der Waals surface area contributed by atoms with Crippen molar-refractivity contribution in [2.45, 2.75) is 45.2 Å². The van der Waals surface area contributed by atoms with Crippen molar-refractivity contribution in [3.05, 3.63) is 0 Å². The first-order valence-corrected chi connectivity index (χ1v) is 5.11. The molecule has 0 aromatic carbocycles. The second kappa shape index (κ2) is 6.01. The molecule has 5 heteroatoms. The molecule has 16 heavy (non-hydrogen) atoms. The number of carbonyl (C=O) groups excluding carboxylic acids is 1. The molecule has 0 aliphatic carbocycles. The van der Waals surface area contributed by atoms with Gasteiger partial charge in [0, 0.05) is 0 Å². The summed E-state index contributed by atoms with van der Waals surface area (Å²) in [5.74, 6) is 1.34. The minimum Gasteiger partial charge on any atom is -0.480 e. The monoisotopic (exact) mass is 226 g/mol. The Morgan fingerprint density at radius 3 is 2.44 bits per heavy atom. The third kappa shape index (κ3) is 5.25. The molecule has 0 saturated heterocycles. The molecule has 0 aliphatic heterocycles. The van der Waals surface area contributed by atoms with Gasteiger partial charge >= 0.3 is 12.0 Å². The van der Waals surface area contributed by atoms with Gasteiger partial charge in [-0.15, -0.1) is 6.42 Å². The number of urea groups is 1. The highest BCUT2D eigenvalue weighted by molar-refractivity contribution is 5.83. The average molecular weight is 226 g/mol. The molecule has 1 atom stereocenters. The Balaban J connectivity index is 4.32. The van der Waals surface area contributed by atoms with Gasteiger partial charge in [-0.1, -0.05) is 19.3 Å². The van der Waals surface area contributed by atoms with Crippen molar-refractivity contribution in [2.24, 2.45) is 0 Å². The van der Waals surface area contributed by atoms with Crippen molar-refractivity contribution in [3.63, 3.8) is 0 Å². The molecule has 0 bridgehead atoms. The van der Waals surface area contributed by atoms with Gasteiger partial charge in [-0.3, -0.25) is 0 Å². The van der Waals surface area contributed by atoms with Crippen LogP contribution >= 0.6 is 0 Å². The highest BCUT2D eigenvalue weighted by atomic mass is 16.4. The fraction of sp³-hybridized carbons (Fsp3) is 0.636. The summed E-state index contributed by atoms with van der Waals surface area (Å²) in [7, 11) is 0. The molecule has 3 N–H and O–H groups in total. The Labute approximate surface area is 95.6 Å². The van der Waals surface area contributed by atoms with E-state index in [1.54, 1.807) is 13.8 Å². The van der Waals surface area contributed by atoms with Crippen LogP contribution in [0.3, 0.4) is 0 Å². The van der Waals surface area contributed by atoms with Crippen LogP contribution in [0.1, 0.15) is 33.6 Å². The van der Waals surface area contributed by atoms with Crippen molar-refractivity contribution in [3.8, 4) is 12.3 Å². The fourth-order valence-corrected chi connectivity index (χ4v) is 1.06. The number of hydrogen-bond donors (Lipinski definition) is 3. The highest BCUT2D eigenvalue weighted by Crippen LogP contribution is 2.00. The molecule has 0 aliphatic rings. The van der Waals surface area contributed by atoms with E-state index in [1.165, 1.54) is 0 Å². The van der Waals surface area contributed by atoms with Crippen molar-refractivity contribution in [1.82, 2.24) is 10.6 Å².